The maximum Gasteiger partial charge on any atom is 0.227 e. The van der Waals surface area contributed by atoms with Crippen molar-refractivity contribution in [3.05, 3.63) is 11.8 Å². The maximum atomic E-state index is 10.4. The van der Waals surface area contributed by atoms with Crippen LogP contribution in [0.15, 0.2) is 6.07 Å². The van der Waals surface area contributed by atoms with E-state index in [0.717, 1.165) is 76.1 Å². The zero-order chi connectivity index (χ0) is 16.6. The van der Waals surface area contributed by atoms with Crippen molar-refractivity contribution in [2.45, 2.75) is 44.6 Å². The Morgan fingerprint density at radius 2 is 1.67 bits per heavy atom. The van der Waals surface area contributed by atoms with Crippen molar-refractivity contribution >= 4 is 11.8 Å². The van der Waals surface area contributed by atoms with Gasteiger partial charge in [0.25, 0.3) is 0 Å². The summed E-state index contributed by atoms with van der Waals surface area (Å²) in [6.45, 7) is 8.97. The van der Waals surface area contributed by atoms with E-state index in [1.807, 2.05) is 0 Å². The van der Waals surface area contributed by atoms with E-state index in [0.29, 0.717) is 0 Å². The number of nitrogens with zero attached hydrogens (tertiary/aromatic N) is 5. The normalized spacial score (nSPS) is 24.2. The molecular formula is C18H29N5O. The third-order valence-corrected chi connectivity index (χ3v) is 5.72. The second kappa shape index (κ2) is 6.48. The van der Waals surface area contributed by atoms with Gasteiger partial charge < -0.3 is 14.9 Å². The minimum atomic E-state index is -0.412. The molecule has 0 atom stereocenters. The highest BCUT2D eigenvalue weighted by Crippen LogP contribution is 2.32. The first-order valence-electron chi connectivity index (χ1n) is 9.42. The number of β-amino-alcohol motifs (C(OH)–C–C–N with tert-alkyl or cyclic N) is 1. The Hall–Kier alpha value is -1.40. The lowest BCUT2D eigenvalue weighted by Gasteiger charge is -2.43. The van der Waals surface area contributed by atoms with Crippen molar-refractivity contribution in [3.63, 3.8) is 0 Å². The van der Waals surface area contributed by atoms with Gasteiger partial charge in [-0.05, 0) is 39.0 Å². The lowest BCUT2D eigenvalue weighted by atomic mass is 9.80. The molecule has 0 unspecified atom stereocenters. The molecule has 6 heteroatoms. The highest BCUT2D eigenvalue weighted by atomic mass is 16.3. The number of aliphatic hydroxyl groups is 1. The van der Waals surface area contributed by atoms with Crippen molar-refractivity contribution in [1.29, 1.82) is 0 Å². The summed E-state index contributed by atoms with van der Waals surface area (Å²) in [5, 5.41) is 10.4. The van der Waals surface area contributed by atoms with Crippen LogP contribution in [0.3, 0.4) is 0 Å². The third-order valence-electron chi connectivity index (χ3n) is 5.72. The van der Waals surface area contributed by atoms with Gasteiger partial charge in [-0.25, -0.2) is 4.98 Å². The van der Waals surface area contributed by atoms with Crippen LogP contribution >= 0.6 is 0 Å². The second-order valence-corrected chi connectivity index (χ2v) is 7.70. The number of hydrogen-bond acceptors (Lipinski definition) is 6. The van der Waals surface area contributed by atoms with Crippen LogP contribution in [0, 0.1) is 6.92 Å². The Balaban J connectivity index is 1.39. The van der Waals surface area contributed by atoms with Gasteiger partial charge in [-0.3, -0.25) is 4.90 Å². The van der Waals surface area contributed by atoms with Gasteiger partial charge in [-0.1, -0.05) is 0 Å². The van der Waals surface area contributed by atoms with Crippen molar-refractivity contribution in [2.75, 3.05) is 55.6 Å². The summed E-state index contributed by atoms with van der Waals surface area (Å²) in [5.41, 5.74) is 0.637. The number of aromatic nitrogens is 2. The van der Waals surface area contributed by atoms with E-state index in [1.165, 1.54) is 19.3 Å². The minimum absolute atomic E-state index is 0.412. The molecule has 2 saturated heterocycles. The topological polar surface area (TPSA) is 55.7 Å². The fourth-order valence-electron chi connectivity index (χ4n) is 4.05. The molecule has 1 aromatic rings. The highest BCUT2D eigenvalue weighted by Gasteiger charge is 2.36. The largest absolute Gasteiger partial charge is 0.389 e. The molecular weight excluding hydrogens is 302 g/mol. The van der Waals surface area contributed by atoms with Crippen LogP contribution in [-0.4, -0.2) is 71.4 Å². The first-order valence-corrected chi connectivity index (χ1v) is 9.42. The summed E-state index contributed by atoms with van der Waals surface area (Å²) < 4.78 is 0. The standard InChI is InChI=1S/C18H29N5O/c1-15-13-16(22-7-2-3-8-22)20-17(19-15)23-11-9-21(10-12-23)14-18(24)5-4-6-18/h13,24H,2-12,14H2,1H3. The molecule has 132 valence electrons. The summed E-state index contributed by atoms with van der Waals surface area (Å²) >= 11 is 0. The number of anilines is 2. The van der Waals surface area contributed by atoms with E-state index >= 15 is 0 Å². The molecule has 0 radical (unpaired) electrons. The van der Waals surface area contributed by atoms with Crippen LogP contribution in [0.5, 0.6) is 0 Å². The molecule has 4 rings (SSSR count). The average molecular weight is 331 g/mol. The van der Waals surface area contributed by atoms with E-state index in [-0.39, 0.29) is 0 Å². The van der Waals surface area contributed by atoms with Gasteiger partial charge in [-0.15, -0.1) is 0 Å². The summed E-state index contributed by atoms with van der Waals surface area (Å²) in [6, 6.07) is 2.11. The molecule has 1 saturated carbocycles. The first-order chi connectivity index (χ1) is 11.6. The van der Waals surface area contributed by atoms with E-state index in [2.05, 4.69) is 32.7 Å². The van der Waals surface area contributed by atoms with E-state index in [1.54, 1.807) is 0 Å². The van der Waals surface area contributed by atoms with E-state index in [9.17, 15) is 5.11 Å². The Morgan fingerprint density at radius 1 is 0.958 bits per heavy atom. The smallest absolute Gasteiger partial charge is 0.227 e. The lowest BCUT2D eigenvalue weighted by Crippen LogP contribution is -2.54. The van der Waals surface area contributed by atoms with Crippen LogP contribution in [0.4, 0.5) is 11.8 Å². The molecule has 1 aliphatic carbocycles. The Kier molecular flexibility index (Phi) is 4.35. The second-order valence-electron chi connectivity index (χ2n) is 7.70. The zero-order valence-electron chi connectivity index (χ0n) is 14.7. The van der Waals surface area contributed by atoms with Crippen LogP contribution in [0.2, 0.25) is 0 Å². The molecule has 0 bridgehead atoms. The number of rotatable bonds is 4. The van der Waals surface area contributed by atoms with Gasteiger partial charge in [0.1, 0.15) is 5.82 Å². The van der Waals surface area contributed by atoms with Gasteiger partial charge >= 0.3 is 0 Å². The molecule has 1 aromatic heterocycles. The van der Waals surface area contributed by atoms with Gasteiger partial charge in [-0.2, -0.15) is 4.98 Å². The maximum absolute atomic E-state index is 10.4. The van der Waals surface area contributed by atoms with E-state index in [4.69, 9.17) is 4.98 Å². The molecule has 2 aliphatic heterocycles. The van der Waals surface area contributed by atoms with Crippen molar-refractivity contribution in [3.8, 4) is 0 Å². The molecule has 3 aliphatic rings. The Bertz CT molecular complexity index is 575. The van der Waals surface area contributed by atoms with Gasteiger partial charge in [0, 0.05) is 57.6 Å². The molecule has 24 heavy (non-hydrogen) atoms. The molecule has 0 aromatic carbocycles. The lowest BCUT2D eigenvalue weighted by molar-refractivity contribution is -0.0594. The van der Waals surface area contributed by atoms with Crippen molar-refractivity contribution in [2.24, 2.45) is 0 Å². The first kappa shape index (κ1) is 16.1. The number of hydrogen-bond donors (Lipinski definition) is 1. The van der Waals surface area contributed by atoms with Gasteiger partial charge in [0.2, 0.25) is 5.95 Å². The van der Waals surface area contributed by atoms with Crippen LogP contribution in [-0.2, 0) is 0 Å². The number of piperazine rings is 1. The average Bonchev–Trinajstić information content (AvgIpc) is 3.08. The molecule has 3 fully saturated rings. The third kappa shape index (κ3) is 3.35. The molecule has 1 N–H and O–H groups in total. The monoisotopic (exact) mass is 331 g/mol. The fourth-order valence-corrected chi connectivity index (χ4v) is 4.05. The summed E-state index contributed by atoms with van der Waals surface area (Å²) in [7, 11) is 0. The Morgan fingerprint density at radius 3 is 2.29 bits per heavy atom. The molecule has 6 nitrogen and oxygen atoms in total. The van der Waals surface area contributed by atoms with Crippen molar-refractivity contribution in [1.82, 2.24) is 14.9 Å². The van der Waals surface area contributed by atoms with Crippen LogP contribution < -0.4 is 9.80 Å². The Labute approximate surface area is 144 Å². The summed E-state index contributed by atoms with van der Waals surface area (Å²) in [6.07, 6.45) is 5.63. The highest BCUT2D eigenvalue weighted by molar-refractivity contribution is 5.46. The quantitative estimate of drug-likeness (QED) is 0.901. The van der Waals surface area contributed by atoms with Crippen LogP contribution in [0.1, 0.15) is 37.8 Å². The van der Waals surface area contributed by atoms with Gasteiger partial charge in [0.05, 0.1) is 5.60 Å². The van der Waals surface area contributed by atoms with Crippen molar-refractivity contribution < 1.29 is 5.11 Å². The molecule has 0 spiro atoms. The molecule has 0 amide bonds. The van der Waals surface area contributed by atoms with Crippen LogP contribution in [0.25, 0.3) is 0 Å². The predicted octanol–water partition coefficient (Wildman–Crippen LogP) is 1.42. The zero-order valence-corrected chi connectivity index (χ0v) is 14.7. The summed E-state index contributed by atoms with van der Waals surface area (Å²) in [5.74, 6) is 1.96. The minimum Gasteiger partial charge on any atom is -0.389 e. The predicted molar refractivity (Wildman–Crippen MR) is 95.7 cm³/mol. The number of aryl methyl sites for hydroxylation is 1. The summed E-state index contributed by atoms with van der Waals surface area (Å²) in [4.78, 5) is 16.6. The fraction of sp³-hybridized carbons (Fsp3) is 0.778. The van der Waals surface area contributed by atoms with Gasteiger partial charge in [0.15, 0.2) is 0 Å². The molecule has 3 heterocycles. The van der Waals surface area contributed by atoms with E-state index < -0.39 is 5.60 Å². The SMILES string of the molecule is Cc1cc(N2CCCC2)nc(N2CCN(CC3(O)CCC3)CC2)n1.